The molecular weight excluding hydrogens is 768 g/mol. The van der Waals surface area contributed by atoms with Gasteiger partial charge >= 0.3 is 17.9 Å². The number of esters is 1. The zero-order valence-electron chi connectivity index (χ0n) is 31.1. The second-order valence-corrected chi connectivity index (χ2v) is 13.2. The van der Waals surface area contributed by atoms with E-state index >= 15 is 0 Å². The molecule has 298 valence electrons. The van der Waals surface area contributed by atoms with Crippen molar-refractivity contribution in [1.29, 1.82) is 0 Å². The van der Waals surface area contributed by atoms with Crippen LogP contribution in [0.1, 0.15) is 61.6 Å². The molecule has 0 radical (unpaired) electrons. The number of hydrogen-bond acceptors (Lipinski definition) is 12. The molecule has 16 nitrogen and oxygen atoms in total. The molecule has 59 heavy (non-hydrogen) atoms. The highest BCUT2D eigenvalue weighted by molar-refractivity contribution is 6.06. The van der Waals surface area contributed by atoms with E-state index in [2.05, 4.69) is 13.8 Å². The second kappa shape index (κ2) is 17.4. The first-order valence-electron chi connectivity index (χ1n) is 17.5. The number of nitro groups is 2. The summed E-state index contributed by atoms with van der Waals surface area (Å²) < 4.78 is 17.2. The third-order valence-electron chi connectivity index (χ3n) is 9.09. The van der Waals surface area contributed by atoms with Crippen molar-refractivity contribution in [3.05, 3.63) is 187 Å². The quantitative estimate of drug-likeness (QED) is 0.0306. The molecule has 6 aromatic carbocycles. The number of ether oxygens (including phenoxy) is 3. The summed E-state index contributed by atoms with van der Waals surface area (Å²) in [6.45, 7) is 3.67. The number of carboxylic acid groups (broad SMARTS) is 2. The highest BCUT2D eigenvalue weighted by Crippen LogP contribution is 2.35. The third-order valence-corrected chi connectivity index (χ3v) is 9.09. The van der Waals surface area contributed by atoms with Crippen molar-refractivity contribution in [3.63, 3.8) is 0 Å². The second-order valence-electron chi connectivity index (χ2n) is 13.2. The SMILES string of the molecule is CC(C)(c1ccc(Oc2ccc(OOCc3c(C(=O)O)cccc3[N+](=O)[O-])cc2)cc1)c1ccc(Oc2ccc(OC(=O)c3c(C(=O)O)cccc3[N+](=O)[O-])cc2)cc1. The maximum absolute atomic E-state index is 12.8. The summed E-state index contributed by atoms with van der Waals surface area (Å²) in [5.41, 5.74) is -1.11. The van der Waals surface area contributed by atoms with Crippen LogP contribution in [0.4, 0.5) is 11.4 Å². The third kappa shape index (κ3) is 9.48. The summed E-state index contributed by atoms with van der Waals surface area (Å²) in [6.07, 6.45) is 0. The zero-order valence-corrected chi connectivity index (χ0v) is 31.1. The van der Waals surface area contributed by atoms with Gasteiger partial charge in [0.25, 0.3) is 11.4 Å². The van der Waals surface area contributed by atoms with Crippen molar-refractivity contribution >= 4 is 29.3 Å². The normalized spacial score (nSPS) is 10.9. The van der Waals surface area contributed by atoms with Crippen LogP contribution in [0.3, 0.4) is 0 Å². The van der Waals surface area contributed by atoms with Crippen LogP contribution >= 0.6 is 0 Å². The number of carbonyl (C=O) groups is 3. The first kappa shape index (κ1) is 40.6. The van der Waals surface area contributed by atoms with E-state index in [1.807, 2.05) is 48.5 Å². The van der Waals surface area contributed by atoms with Gasteiger partial charge in [-0.1, -0.05) is 50.2 Å². The predicted octanol–water partition coefficient (Wildman–Crippen LogP) is 9.54. The molecule has 0 aliphatic carbocycles. The van der Waals surface area contributed by atoms with Gasteiger partial charge in [0.1, 0.15) is 35.4 Å². The molecule has 0 fully saturated rings. The van der Waals surface area contributed by atoms with Gasteiger partial charge in [-0.3, -0.25) is 20.2 Å². The fourth-order valence-corrected chi connectivity index (χ4v) is 5.95. The largest absolute Gasteiger partial charge is 0.478 e. The Morgan fingerprint density at radius 2 is 0.966 bits per heavy atom. The van der Waals surface area contributed by atoms with Crippen molar-refractivity contribution < 1.29 is 58.4 Å². The van der Waals surface area contributed by atoms with Crippen LogP contribution in [0, 0.1) is 20.2 Å². The molecule has 6 aromatic rings. The summed E-state index contributed by atoms with van der Waals surface area (Å²) in [4.78, 5) is 67.6. The lowest BCUT2D eigenvalue weighted by Gasteiger charge is -2.26. The monoisotopic (exact) mass is 800 g/mol. The number of aromatic carboxylic acids is 2. The van der Waals surface area contributed by atoms with Gasteiger partial charge in [-0.2, -0.15) is 4.89 Å². The molecule has 0 aliphatic rings. The first-order valence-corrected chi connectivity index (χ1v) is 17.5. The van der Waals surface area contributed by atoms with Gasteiger partial charge in [-0.15, -0.1) is 0 Å². The summed E-state index contributed by atoms with van der Waals surface area (Å²) in [7, 11) is 0. The lowest BCUT2D eigenvalue weighted by atomic mass is 9.78. The summed E-state index contributed by atoms with van der Waals surface area (Å²) in [5, 5.41) is 41.6. The summed E-state index contributed by atoms with van der Waals surface area (Å²) >= 11 is 0. The fourth-order valence-electron chi connectivity index (χ4n) is 5.95. The van der Waals surface area contributed by atoms with Crippen LogP contribution in [0.25, 0.3) is 0 Å². The van der Waals surface area contributed by atoms with Crippen LogP contribution < -0.4 is 19.1 Å². The molecule has 0 aliphatic heterocycles. The molecule has 0 spiro atoms. The molecule has 0 saturated heterocycles. The Balaban J connectivity index is 1.02. The first-order chi connectivity index (χ1) is 28.2. The van der Waals surface area contributed by atoms with Crippen molar-refractivity contribution in [1.82, 2.24) is 0 Å². The maximum Gasteiger partial charge on any atom is 0.351 e. The molecule has 16 heteroatoms. The van der Waals surface area contributed by atoms with Gasteiger partial charge in [0, 0.05) is 17.5 Å². The van der Waals surface area contributed by atoms with Crippen molar-refractivity contribution in [3.8, 4) is 34.5 Å². The Kier molecular flexibility index (Phi) is 11.9. The molecule has 6 rings (SSSR count). The lowest BCUT2D eigenvalue weighted by Crippen LogP contribution is -2.18. The average Bonchev–Trinajstić information content (AvgIpc) is 3.22. The zero-order chi connectivity index (χ0) is 42.3. The molecule has 0 aromatic heterocycles. The Hall–Kier alpha value is -8.11. The van der Waals surface area contributed by atoms with Gasteiger partial charge in [0.2, 0.25) is 0 Å². The number of benzene rings is 6. The maximum atomic E-state index is 12.8. The molecule has 0 amide bonds. The van der Waals surface area contributed by atoms with Gasteiger partial charge < -0.3 is 29.3 Å². The van der Waals surface area contributed by atoms with E-state index in [0.29, 0.717) is 23.0 Å². The lowest BCUT2D eigenvalue weighted by molar-refractivity contribution is -0.386. The topological polar surface area (TPSA) is 224 Å². The average molecular weight is 801 g/mol. The number of carboxylic acids is 2. The molecule has 0 heterocycles. The number of hydrogen-bond donors (Lipinski definition) is 2. The van der Waals surface area contributed by atoms with E-state index in [1.54, 1.807) is 24.3 Å². The van der Waals surface area contributed by atoms with Crippen LogP contribution in [0.2, 0.25) is 0 Å². The van der Waals surface area contributed by atoms with Crippen LogP contribution in [-0.2, 0) is 16.9 Å². The van der Waals surface area contributed by atoms with Crippen LogP contribution in [0.15, 0.2) is 133 Å². The van der Waals surface area contributed by atoms with Crippen LogP contribution in [0.5, 0.6) is 34.5 Å². The number of carbonyl (C=O) groups excluding carboxylic acids is 1. The number of nitro benzene ring substituents is 2. The molecule has 0 atom stereocenters. The van der Waals surface area contributed by atoms with E-state index in [1.165, 1.54) is 48.5 Å². The van der Waals surface area contributed by atoms with Gasteiger partial charge in [-0.25, -0.2) is 14.4 Å². The molecular formula is C43H32N2O14. The summed E-state index contributed by atoms with van der Waals surface area (Å²) in [6, 6.07) is 34.3. The van der Waals surface area contributed by atoms with E-state index in [-0.39, 0.29) is 22.6 Å². The Labute approximate surface area is 334 Å². The Morgan fingerprint density at radius 3 is 1.42 bits per heavy atom. The number of rotatable bonds is 16. The van der Waals surface area contributed by atoms with Gasteiger partial charge in [-0.05, 0) is 96.1 Å². The highest BCUT2D eigenvalue weighted by atomic mass is 17.2. The van der Waals surface area contributed by atoms with Gasteiger partial charge in [0.15, 0.2) is 11.3 Å². The fraction of sp³-hybridized carbons (Fsp3) is 0.0930. The smallest absolute Gasteiger partial charge is 0.351 e. The Bertz CT molecular complexity index is 2470. The predicted molar refractivity (Wildman–Crippen MR) is 209 cm³/mol. The molecule has 0 saturated carbocycles. The molecule has 2 N–H and O–H groups in total. The number of nitrogens with zero attached hydrogens (tertiary/aromatic N) is 2. The minimum atomic E-state index is -1.51. The molecule has 0 unspecified atom stereocenters. The standard InChI is InChI=1S/C43H32N2O14/c1-43(2,26-9-13-28(14-10-26)56-30-17-19-32(20-18-30)58-42(50)39-35(41(48)49)6-4-8-38(39)45(53)54)27-11-15-29(16-12-27)57-31-21-23-33(24-22-31)59-55-25-36-34(40(46)47)5-3-7-37(36)44(51)52/h3-24H,25H2,1-2H3,(H,46,47)(H,48,49). The Morgan fingerprint density at radius 1 is 0.559 bits per heavy atom. The van der Waals surface area contributed by atoms with Gasteiger partial charge in [0.05, 0.1) is 26.5 Å². The van der Waals surface area contributed by atoms with Crippen molar-refractivity contribution in [2.45, 2.75) is 25.9 Å². The minimum absolute atomic E-state index is 0.0244. The van der Waals surface area contributed by atoms with E-state index in [4.69, 9.17) is 24.0 Å². The van der Waals surface area contributed by atoms with E-state index < -0.39 is 62.3 Å². The molecule has 0 bridgehead atoms. The van der Waals surface area contributed by atoms with Crippen molar-refractivity contribution in [2.24, 2.45) is 0 Å². The van der Waals surface area contributed by atoms with Crippen molar-refractivity contribution in [2.75, 3.05) is 0 Å². The van der Waals surface area contributed by atoms with E-state index in [9.17, 15) is 44.8 Å². The van der Waals surface area contributed by atoms with Crippen LogP contribution in [-0.4, -0.2) is 38.0 Å². The minimum Gasteiger partial charge on any atom is -0.478 e. The highest BCUT2D eigenvalue weighted by Gasteiger charge is 2.29. The summed E-state index contributed by atoms with van der Waals surface area (Å²) in [5.74, 6) is -1.73. The van der Waals surface area contributed by atoms with E-state index in [0.717, 1.165) is 23.3 Å².